The third-order valence-corrected chi connectivity index (χ3v) is 2.78. The van der Waals surface area contributed by atoms with Crippen LogP contribution in [0.15, 0.2) is 29.4 Å². The van der Waals surface area contributed by atoms with Crippen molar-refractivity contribution in [2.75, 3.05) is 0 Å². The average molecular weight is 214 g/mol. The Labute approximate surface area is 95.3 Å². The zero-order valence-electron chi connectivity index (χ0n) is 9.47. The van der Waals surface area contributed by atoms with Crippen LogP contribution in [0.5, 0.6) is 0 Å². The fourth-order valence-electron chi connectivity index (χ4n) is 1.66. The molecule has 1 aromatic rings. The monoisotopic (exact) mass is 214 g/mol. The molecule has 1 aliphatic heterocycles. The predicted octanol–water partition coefficient (Wildman–Crippen LogP) is 2.71. The number of benzene rings is 1. The molecule has 1 atom stereocenters. The minimum absolute atomic E-state index is 0.186. The molecule has 1 heterocycles. The van der Waals surface area contributed by atoms with Crippen molar-refractivity contribution in [2.24, 2.45) is 11.1 Å². The Morgan fingerprint density at radius 3 is 2.56 bits per heavy atom. The van der Waals surface area contributed by atoms with E-state index in [0.717, 1.165) is 17.7 Å². The molecule has 3 heteroatoms. The van der Waals surface area contributed by atoms with Gasteiger partial charge in [0, 0.05) is 6.42 Å². The molecule has 3 nitrogen and oxygen atoms in total. The van der Waals surface area contributed by atoms with Gasteiger partial charge in [-0.05, 0) is 23.6 Å². The number of hydrogen-bond donors (Lipinski definition) is 0. The van der Waals surface area contributed by atoms with Gasteiger partial charge in [0.25, 0.3) is 0 Å². The van der Waals surface area contributed by atoms with Gasteiger partial charge in [-0.2, -0.15) is 5.26 Å². The maximum atomic E-state index is 8.70. The second-order valence-corrected chi connectivity index (χ2v) is 4.32. The van der Waals surface area contributed by atoms with Crippen LogP contribution in [0.4, 0.5) is 0 Å². The van der Waals surface area contributed by atoms with E-state index in [1.165, 1.54) is 0 Å². The van der Waals surface area contributed by atoms with Gasteiger partial charge in [0.1, 0.15) is 6.10 Å². The molecule has 2 rings (SSSR count). The van der Waals surface area contributed by atoms with E-state index >= 15 is 0 Å². The zero-order valence-corrected chi connectivity index (χ0v) is 9.47. The Bertz CT molecular complexity index is 440. The molecule has 0 spiro atoms. The SMILES string of the molecule is CC(C)C1CC(c2ccc(C#N)cc2)=NO1. The maximum absolute atomic E-state index is 8.70. The summed E-state index contributed by atoms with van der Waals surface area (Å²) < 4.78 is 0. The number of nitriles is 1. The summed E-state index contributed by atoms with van der Waals surface area (Å²) in [5.74, 6) is 0.472. The maximum Gasteiger partial charge on any atom is 0.135 e. The van der Waals surface area contributed by atoms with E-state index in [1.54, 1.807) is 12.1 Å². The van der Waals surface area contributed by atoms with Crippen molar-refractivity contribution in [3.8, 4) is 6.07 Å². The first-order valence-corrected chi connectivity index (χ1v) is 5.44. The van der Waals surface area contributed by atoms with Crippen LogP contribution < -0.4 is 0 Å². The lowest BCUT2D eigenvalue weighted by molar-refractivity contribution is 0.0521. The second-order valence-electron chi connectivity index (χ2n) is 4.32. The fraction of sp³-hybridized carbons (Fsp3) is 0.385. The van der Waals surface area contributed by atoms with E-state index in [9.17, 15) is 0 Å². The number of rotatable bonds is 2. The number of nitrogens with zero attached hydrogens (tertiary/aromatic N) is 2. The highest BCUT2D eigenvalue weighted by Crippen LogP contribution is 2.22. The van der Waals surface area contributed by atoms with Crippen molar-refractivity contribution in [1.29, 1.82) is 5.26 Å². The molecule has 0 aliphatic carbocycles. The molecule has 0 saturated carbocycles. The summed E-state index contributed by atoms with van der Waals surface area (Å²) in [7, 11) is 0. The molecule has 1 unspecified atom stereocenters. The average Bonchev–Trinajstić information content (AvgIpc) is 2.78. The van der Waals surface area contributed by atoms with Crippen LogP contribution in [0.1, 0.15) is 31.4 Å². The molecular formula is C13H14N2O. The molecule has 0 radical (unpaired) electrons. The Kier molecular flexibility index (Phi) is 2.91. The molecule has 1 aliphatic rings. The van der Waals surface area contributed by atoms with Gasteiger partial charge in [-0.1, -0.05) is 31.1 Å². The highest BCUT2D eigenvalue weighted by Gasteiger charge is 2.24. The summed E-state index contributed by atoms with van der Waals surface area (Å²) in [5.41, 5.74) is 2.69. The van der Waals surface area contributed by atoms with Gasteiger partial charge in [0.15, 0.2) is 0 Å². The van der Waals surface area contributed by atoms with Crippen molar-refractivity contribution >= 4 is 5.71 Å². The van der Waals surface area contributed by atoms with Gasteiger partial charge in [0.05, 0.1) is 17.3 Å². The second kappa shape index (κ2) is 4.36. The number of hydrogen-bond acceptors (Lipinski definition) is 3. The summed E-state index contributed by atoms with van der Waals surface area (Å²) >= 11 is 0. The molecule has 16 heavy (non-hydrogen) atoms. The van der Waals surface area contributed by atoms with Crippen LogP contribution in [0.3, 0.4) is 0 Å². The van der Waals surface area contributed by atoms with Crippen molar-refractivity contribution in [2.45, 2.75) is 26.4 Å². The molecule has 0 amide bonds. The van der Waals surface area contributed by atoms with Crippen molar-refractivity contribution in [1.82, 2.24) is 0 Å². The summed E-state index contributed by atoms with van der Waals surface area (Å²) in [6.45, 7) is 4.25. The first-order valence-electron chi connectivity index (χ1n) is 5.44. The lowest BCUT2D eigenvalue weighted by atomic mass is 9.98. The van der Waals surface area contributed by atoms with Crippen molar-refractivity contribution < 1.29 is 4.84 Å². The first-order chi connectivity index (χ1) is 7.70. The molecule has 0 aromatic heterocycles. The summed E-state index contributed by atoms with van der Waals surface area (Å²) in [6.07, 6.45) is 1.04. The van der Waals surface area contributed by atoms with Gasteiger partial charge in [-0.25, -0.2) is 0 Å². The van der Waals surface area contributed by atoms with E-state index in [-0.39, 0.29) is 6.10 Å². The Morgan fingerprint density at radius 1 is 1.38 bits per heavy atom. The molecular weight excluding hydrogens is 200 g/mol. The predicted molar refractivity (Wildman–Crippen MR) is 62.0 cm³/mol. The zero-order chi connectivity index (χ0) is 11.5. The highest BCUT2D eigenvalue weighted by molar-refractivity contribution is 6.01. The standard InChI is InChI=1S/C13H14N2O/c1-9(2)13-7-12(15-16-13)11-5-3-10(8-14)4-6-11/h3-6,9,13H,7H2,1-2H3. The summed E-state index contributed by atoms with van der Waals surface area (Å²) in [5, 5.41) is 12.8. The normalized spacial score (nSPS) is 19.1. The van der Waals surface area contributed by atoms with Gasteiger partial charge in [-0.3, -0.25) is 0 Å². The minimum atomic E-state index is 0.186. The molecule has 82 valence electrons. The third-order valence-electron chi connectivity index (χ3n) is 2.78. The van der Waals surface area contributed by atoms with Gasteiger partial charge >= 0.3 is 0 Å². The van der Waals surface area contributed by atoms with Crippen LogP contribution in [0, 0.1) is 17.2 Å². The van der Waals surface area contributed by atoms with E-state index in [0.29, 0.717) is 11.5 Å². The van der Waals surface area contributed by atoms with Crippen LogP contribution in [0.2, 0.25) is 0 Å². The quantitative estimate of drug-likeness (QED) is 0.759. The Hall–Kier alpha value is -1.82. The first kappa shape index (κ1) is 10.7. The molecule has 1 aromatic carbocycles. The Morgan fingerprint density at radius 2 is 2.06 bits per heavy atom. The van der Waals surface area contributed by atoms with E-state index in [1.807, 2.05) is 12.1 Å². The smallest absolute Gasteiger partial charge is 0.135 e. The van der Waals surface area contributed by atoms with Crippen LogP contribution in [-0.4, -0.2) is 11.8 Å². The minimum Gasteiger partial charge on any atom is -0.392 e. The van der Waals surface area contributed by atoms with E-state index < -0.39 is 0 Å². The van der Waals surface area contributed by atoms with Crippen LogP contribution >= 0.6 is 0 Å². The van der Waals surface area contributed by atoms with Crippen LogP contribution in [-0.2, 0) is 4.84 Å². The van der Waals surface area contributed by atoms with E-state index in [2.05, 4.69) is 25.1 Å². The number of oxime groups is 1. The largest absolute Gasteiger partial charge is 0.392 e. The molecule has 0 saturated heterocycles. The Balaban J connectivity index is 2.12. The highest BCUT2D eigenvalue weighted by atomic mass is 16.6. The lowest BCUT2D eigenvalue weighted by Gasteiger charge is -2.10. The lowest BCUT2D eigenvalue weighted by Crippen LogP contribution is -2.15. The fourth-order valence-corrected chi connectivity index (χ4v) is 1.66. The van der Waals surface area contributed by atoms with Gasteiger partial charge in [0.2, 0.25) is 0 Å². The van der Waals surface area contributed by atoms with Gasteiger partial charge in [-0.15, -0.1) is 0 Å². The molecule has 0 N–H and O–H groups in total. The summed E-state index contributed by atoms with van der Waals surface area (Å²) in [4.78, 5) is 5.36. The van der Waals surface area contributed by atoms with Gasteiger partial charge < -0.3 is 4.84 Å². The molecule has 0 bridgehead atoms. The van der Waals surface area contributed by atoms with Crippen molar-refractivity contribution in [3.63, 3.8) is 0 Å². The topological polar surface area (TPSA) is 45.4 Å². The van der Waals surface area contributed by atoms with Crippen LogP contribution in [0.25, 0.3) is 0 Å². The molecule has 0 fully saturated rings. The van der Waals surface area contributed by atoms with Crippen molar-refractivity contribution in [3.05, 3.63) is 35.4 Å². The van der Waals surface area contributed by atoms with E-state index in [4.69, 9.17) is 10.1 Å². The summed E-state index contributed by atoms with van der Waals surface area (Å²) in [6, 6.07) is 9.55. The third kappa shape index (κ3) is 2.06.